The van der Waals surface area contributed by atoms with Gasteiger partial charge in [-0.3, -0.25) is 0 Å². The van der Waals surface area contributed by atoms with Crippen molar-refractivity contribution < 1.29 is 4.42 Å². The topological polar surface area (TPSA) is 33.9 Å². The Bertz CT molecular complexity index is 453. The Hall–Kier alpha value is -1.29. The van der Waals surface area contributed by atoms with E-state index in [4.69, 9.17) is 16.6 Å². The zero-order valence-corrected chi connectivity index (χ0v) is 8.80. The van der Waals surface area contributed by atoms with E-state index in [-0.39, 0.29) is 0 Å². The average Bonchev–Trinajstić information content (AvgIpc) is 2.72. The standard InChI is InChI=1S/C10H12N2OS/c1-8-6-12(10(14)11-8)4-2-9-3-5-13-7-9/h3,5-7H,2,4H2,1H3,(H,11,14). The van der Waals surface area contributed by atoms with E-state index in [0.717, 1.165) is 23.4 Å². The van der Waals surface area contributed by atoms with Gasteiger partial charge >= 0.3 is 0 Å². The number of aryl methyl sites for hydroxylation is 3. The smallest absolute Gasteiger partial charge is 0.177 e. The minimum atomic E-state index is 0.783. The number of aromatic nitrogens is 2. The molecule has 3 nitrogen and oxygen atoms in total. The molecule has 2 aromatic heterocycles. The van der Waals surface area contributed by atoms with Crippen molar-refractivity contribution in [3.8, 4) is 0 Å². The largest absolute Gasteiger partial charge is 0.472 e. The molecule has 4 heteroatoms. The molecule has 0 radical (unpaired) electrons. The Morgan fingerprint density at radius 2 is 2.43 bits per heavy atom. The maximum absolute atomic E-state index is 5.15. The minimum absolute atomic E-state index is 0.783. The lowest BCUT2D eigenvalue weighted by molar-refractivity contribution is 0.561. The van der Waals surface area contributed by atoms with Crippen LogP contribution in [0, 0.1) is 11.7 Å². The number of furan rings is 1. The number of imidazole rings is 1. The first-order valence-corrected chi connectivity index (χ1v) is 4.93. The zero-order chi connectivity index (χ0) is 9.97. The highest BCUT2D eigenvalue weighted by Gasteiger charge is 1.98. The number of hydrogen-bond donors (Lipinski definition) is 1. The minimum Gasteiger partial charge on any atom is -0.472 e. The molecule has 0 aliphatic carbocycles. The quantitative estimate of drug-likeness (QED) is 0.787. The third kappa shape index (κ3) is 1.96. The second kappa shape index (κ2) is 3.84. The van der Waals surface area contributed by atoms with E-state index in [0.29, 0.717) is 0 Å². The van der Waals surface area contributed by atoms with E-state index < -0.39 is 0 Å². The lowest BCUT2D eigenvalue weighted by Gasteiger charge is -1.98. The fourth-order valence-corrected chi connectivity index (χ4v) is 1.72. The van der Waals surface area contributed by atoms with Gasteiger partial charge in [0, 0.05) is 18.4 Å². The van der Waals surface area contributed by atoms with Crippen LogP contribution in [0.2, 0.25) is 0 Å². The molecule has 0 aliphatic heterocycles. The van der Waals surface area contributed by atoms with Crippen molar-refractivity contribution in [2.45, 2.75) is 19.9 Å². The Balaban J connectivity index is 2.05. The molecular formula is C10H12N2OS. The molecule has 2 rings (SSSR count). The highest BCUT2D eigenvalue weighted by molar-refractivity contribution is 7.71. The Labute approximate surface area is 87.4 Å². The summed E-state index contributed by atoms with van der Waals surface area (Å²) in [5.74, 6) is 0. The molecule has 0 spiro atoms. The SMILES string of the molecule is Cc1cn(CCc2ccoc2)c(=S)[nH]1. The molecule has 14 heavy (non-hydrogen) atoms. The van der Waals surface area contributed by atoms with Gasteiger partial charge in [-0.1, -0.05) is 0 Å². The van der Waals surface area contributed by atoms with Crippen LogP contribution >= 0.6 is 12.2 Å². The van der Waals surface area contributed by atoms with E-state index in [1.54, 1.807) is 12.5 Å². The maximum Gasteiger partial charge on any atom is 0.177 e. The van der Waals surface area contributed by atoms with Gasteiger partial charge in [0.05, 0.1) is 12.5 Å². The summed E-state index contributed by atoms with van der Waals surface area (Å²) in [6.45, 7) is 2.90. The van der Waals surface area contributed by atoms with E-state index in [2.05, 4.69) is 4.98 Å². The summed E-state index contributed by atoms with van der Waals surface area (Å²) in [6.07, 6.45) is 6.44. The fourth-order valence-electron chi connectivity index (χ4n) is 1.42. The number of hydrogen-bond acceptors (Lipinski definition) is 2. The van der Waals surface area contributed by atoms with Gasteiger partial charge < -0.3 is 14.0 Å². The molecule has 2 aromatic rings. The first kappa shape index (κ1) is 9.27. The second-order valence-corrected chi connectivity index (χ2v) is 3.70. The summed E-state index contributed by atoms with van der Waals surface area (Å²) in [5.41, 5.74) is 2.30. The molecule has 0 saturated carbocycles. The van der Waals surface area contributed by atoms with Crippen molar-refractivity contribution in [2.75, 3.05) is 0 Å². The Morgan fingerprint density at radius 1 is 1.57 bits per heavy atom. The highest BCUT2D eigenvalue weighted by Crippen LogP contribution is 2.04. The van der Waals surface area contributed by atoms with Gasteiger partial charge in [-0.05, 0) is 37.2 Å². The summed E-state index contributed by atoms with van der Waals surface area (Å²) in [5, 5.41) is 0. The first-order valence-electron chi connectivity index (χ1n) is 4.53. The maximum atomic E-state index is 5.15. The summed E-state index contributed by atoms with van der Waals surface area (Å²) in [4.78, 5) is 3.09. The summed E-state index contributed by atoms with van der Waals surface area (Å²) >= 11 is 5.15. The molecule has 0 amide bonds. The van der Waals surface area contributed by atoms with E-state index >= 15 is 0 Å². The summed E-state index contributed by atoms with van der Waals surface area (Å²) in [7, 11) is 0. The van der Waals surface area contributed by atoms with Crippen LogP contribution in [0.15, 0.2) is 29.2 Å². The molecule has 0 aliphatic rings. The van der Waals surface area contributed by atoms with E-state index in [1.165, 1.54) is 5.56 Å². The third-order valence-corrected chi connectivity index (χ3v) is 2.47. The van der Waals surface area contributed by atoms with Crippen LogP contribution in [0.25, 0.3) is 0 Å². The van der Waals surface area contributed by atoms with Gasteiger partial charge in [-0.15, -0.1) is 0 Å². The molecular weight excluding hydrogens is 196 g/mol. The number of nitrogens with zero attached hydrogens (tertiary/aromatic N) is 1. The molecule has 0 atom stereocenters. The van der Waals surface area contributed by atoms with Crippen LogP contribution in [0.3, 0.4) is 0 Å². The van der Waals surface area contributed by atoms with Crippen LogP contribution in [0.1, 0.15) is 11.3 Å². The number of rotatable bonds is 3. The number of H-pyrrole nitrogens is 1. The molecule has 74 valence electrons. The molecule has 1 N–H and O–H groups in total. The normalized spacial score (nSPS) is 10.6. The van der Waals surface area contributed by atoms with Crippen LogP contribution < -0.4 is 0 Å². The van der Waals surface area contributed by atoms with Crippen molar-refractivity contribution in [1.82, 2.24) is 9.55 Å². The van der Waals surface area contributed by atoms with E-state index in [9.17, 15) is 0 Å². The predicted octanol–water partition coefficient (Wildman–Crippen LogP) is 2.69. The molecule has 0 unspecified atom stereocenters. The second-order valence-electron chi connectivity index (χ2n) is 3.32. The van der Waals surface area contributed by atoms with Crippen molar-refractivity contribution in [3.63, 3.8) is 0 Å². The lowest BCUT2D eigenvalue weighted by atomic mass is 10.2. The van der Waals surface area contributed by atoms with Crippen LogP contribution in [0.4, 0.5) is 0 Å². The molecule has 0 saturated heterocycles. The molecule has 0 bridgehead atoms. The van der Waals surface area contributed by atoms with Crippen molar-refractivity contribution >= 4 is 12.2 Å². The van der Waals surface area contributed by atoms with Crippen LogP contribution in [-0.2, 0) is 13.0 Å². The predicted molar refractivity (Wildman–Crippen MR) is 56.8 cm³/mol. The van der Waals surface area contributed by atoms with Gasteiger partial charge in [0.25, 0.3) is 0 Å². The number of nitrogens with one attached hydrogen (secondary N) is 1. The zero-order valence-electron chi connectivity index (χ0n) is 7.99. The molecule has 0 aromatic carbocycles. The average molecular weight is 208 g/mol. The van der Waals surface area contributed by atoms with Crippen LogP contribution in [0.5, 0.6) is 0 Å². The summed E-state index contributed by atoms with van der Waals surface area (Å²) < 4.78 is 7.82. The molecule has 0 fully saturated rings. The molecule has 2 heterocycles. The third-order valence-electron chi connectivity index (χ3n) is 2.14. The Morgan fingerprint density at radius 3 is 3.00 bits per heavy atom. The lowest BCUT2D eigenvalue weighted by Crippen LogP contribution is -1.98. The van der Waals surface area contributed by atoms with E-state index in [1.807, 2.05) is 23.8 Å². The van der Waals surface area contributed by atoms with Gasteiger partial charge in [0.1, 0.15) is 0 Å². The summed E-state index contributed by atoms with van der Waals surface area (Å²) in [6, 6.07) is 1.98. The van der Waals surface area contributed by atoms with Gasteiger partial charge in [-0.25, -0.2) is 0 Å². The van der Waals surface area contributed by atoms with Gasteiger partial charge in [-0.2, -0.15) is 0 Å². The van der Waals surface area contributed by atoms with Gasteiger partial charge in [0.15, 0.2) is 4.77 Å². The fraction of sp³-hybridized carbons (Fsp3) is 0.300. The van der Waals surface area contributed by atoms with Crippen molar-refractivity contribution in [2.24, 2.45) is 0 Å². The first-order chi connectivity index (χ1) is 6.75. The Kier molecular flexibility index (Phi) is 2.54. The highest BCUT2D eigenvalue weighted by atomic mass is 32.1. The monoisotopic (exact) mass is 208 g/mol. The van der Waals surface area contributed by atoms with Crippen molar-refractivity contribution in [3.05, 3.63) is 40.8 Å². The van der Waals surface area contributed by atoms with Gasteiger partial charge in [0.2, 0.25) is 0 Å². The number of aromatic amines is 1. The van der Waals surface area contributed by atoms with Crippen LogP contribution in [-0.4, -0.2) is 9.55 Å². The van der Waals surface area contributed by atoms with Crippen molar-refractivity contribution in [1.29, 1.82) is 0 Å².